The SMILES string of the molecule is Cc1cccc(NC(=O)CN2CCN(CC(=O)NCCc3ccccc3F)CC2)c1C. The topological polar surface area (TPSA) is 64.7 Å². The summed E-state index contributed by atoms with van der Waals surface area (Å²) in [7, 11) is 0. The second-order valence-corrected chi connectivity index (χ2v) is 8.04. The number of hydrogen-bond donors (Lipinski definition) is 2. The zero-order valence-corrected chi connectivity index (χ0v) is 18.3. The Kier molecular flexibility index (Phi) is 8.14. The van der Waals surface area contributed by atoms with E-state index in [1.807, 2.05) is 32.0 Å². The Bertz CT molecular complexity index is 910. The number of halogens is 1. The van der Waals surface area contributed by atoms with Gasteiger partial charge in [-0.05, 0) is 49.1 Å². The summed E-state index contributed by atoms with van der Waals surface area (Å²) in [5.41, 5.74) is 3.70. The molecule has 0 aliphatic carbocycles. The van der Waals surface area contributed by atoms with Crippen molar-refractivity contribution in [3.8, 4) is 0 Å². The fourth-order valence-corrected chi connectivity index (χ4v) is 3.68. The van der Waals surface area contributed by atoms with E-state index in [4.69, 9.17) is 0 Å². The molecule has 2 aromatic carbocycles. The lowest BCUT2D eigenvalue weighted by Crippen LogP contribution is -2.51. The van der Waals surface area contributed by atoms with Gasteiger partial charge in [-0.15, -0.1) is 0 Å². The number of carbonyl (C=O) groups is 2. The van der Waals surface area contributed by atoms with Crippen LogP contribution in [0.5, 0.6) is 0 Å². The van der Waals surface area contributed by atoms with Crippen LogP contribution >= 0.6 is 0 Å². The highest BCUT2D eigenvalue weighted by atomic mass is 19.1. The molecule has 2 amide bonds. The summed E-state index contributed by atoms with van der Waals surface area (Å²) >= 11 is 0. The van der Waals surface area contributed by atoms with Crippen molar-refractivity contribution in [1.29, 1.82) is 0 Å². The summed E-state index contributed by atoms with van der Waals surface area (Å²) in [6, 6.07) is 12.5. The van der Waals surface area contributed by atoms with E-state index in [0.717, 1.165) is 43.0 Å². The normalized spacial score (nSPS) is 14.9. The Morgan fingerprint density at radius 3 is 2.23 bits per heavy atom. The van der Waals surface area contributed by atoms with Crippen molar-refractivity contribution in [2.24, 2.45) is 0 Å². The van der Waals surface area contributed by atoms with Crippen molar-refractivity contribution in [3.63, 3.8) is 0 Å². The Labute approximate surface area is 183 Å². The molecule has 31 heavy (non-hydrogen) atoms. The predicted molar refractivity (Wildman–Crippen MR) is 121 cm³/mol. The van der Waals surface area contributed by atoms with Crippen molar-refractivity contribution < 1.29 is 14.0 Å². The lowest BCUT2D eigenvalue weighted by molar-refractivity contribution is -0.123. The molecule has 2 aromatic rings. The first-order valence-electron chi connectivity index (χ1n) is 10.7. The molecular weight excluding hydrogens is 395 g/mol. The van der Waals surface area contributed by atoms with Gasteiger partial charge >= 0.3 is 0 Å². The molecule has 0 aromatic heterocycles. The highest BCUT2D eigenvalue weighted by Crippen LogP contribution is 2.18. The van der Waals surface area contributed by atoms with Gasteiger partial charge in [0, 0.05) is 38.4 Å². The largest absolute Gasteiger partial charge is 0.355 e. The van der Waals surface area contributed by atoms with Crippen LogP contribution in [0.4, 0.5) is 10.1 Å². The standard InChI is InChI=1S/C24H31FN4O2/c1-18-6-5-9-22(19(18)2)27-24(31)17-29-14-12-28(13-15-29)16-23(30)26-11-10-20-7-3-4-8-21(20)25/h3-9H,10-17H2,1-2H3,(H,26,30)(H,27,31). The van der Waals surface area contributed by atoms with E-state index in [1.165, 1.54) is 6.07 Å². The second kappa shape index (κ2) is 11.0. The van der Waals surface area contributed by atoms with Crippen molar-refractivity contribution >= 4 is 17.5 Å². The Hall–Kier alpha value is -2.77. The molecule has 7 heteroatoms. The molecule has 1 saturated heterocycles. The van der Waals surface area contributed by atoms with Gasteiger partial charge in [0.15, 0.2) is 0 Å². The Morgan fingerprint density at radius 1 is 0.903 bits per heavy atom. The van der Waals surface area contributed by atoms with Crippen LogP contribution in [0.25, 0.3) is 0 Å². The first-order valence-corrected chi connectivity index (χ1v) is 10.7. The number of amides is 2. The summed E-state index contributed by atoms with van der Waals surface area (Å²) in [6.07, 6.45) is 0.474. The van der Waals surface area contributed by atoms with Gasteiger partial charge in [-0.3, -0.25) is 19.4 Å². The molecule has 0 unspecified atom stereocenters. The molecule has 0 atom stereocenters. The van der Waals surface area contributed by atoms with Gasteiger partial charge in [-0.1, -0.05) is 30.3 Å². The van der Waals surface area contributed by atoms with Crippen molar-refractivity contribution in [2.75, 3.05) is 51.1 Å². The number of aryl methyl sites for hydroxylation is 1. The molecule has 1 heterocycles. The summed E-state index contributed by atoms with van der Waals surface area (Å²) in [4.78, 5) is 28.8. The molecule has 0 radical (unpaired) electrons. The number of carbonyl (C=O) groups excluding carboxylic acids is 2. The lowest BCUT2D eigenvalue weighted by atomic mass is 10.1. The minimum absolute atomic E-state index is 0.0203. The summed E-state index contributed by atoms with van der Waals surface area (Å²) < 4.78 is 13.6. The van der Waals surface area contributed by atoms with E-state index < -0.39 is 0 Å². The van der Waals surface area contributed by atoms with Crippen LogP contribution in [0.1, 0.15) is 16.7 Å². The summed E-state index contributed by atoms with van der Waals surface area (Å²) in [5.74, 6) is -0.319. The molecular formula is C24H31FN4O2. The summed E-state index contributed by atoms with van der Waals surface area (Å²) in [6.45, 7) is 8.06. The Morgan fingerprint density at radius 2 is 1.55 bits per heavy atom. The minimum atomic E-state index is -0.241. The number of nitrogens with one attached hydrogen (secondary N) is 2. The van der Waals surface area contributed by atoms with Crippen LogP contribution < -0.4 is 10.6 Å². The van der Waals surface area contributed by atoms with Gasteiger partial charge in [0.2, 0.25) is 11.8 Å². The third kappa shape index (κ3) is 6.87. The predicted octanol–water partition coefficient (Wildman–Crippen LogP) is 2.36. The van der Waals surface area contributed by atoms with Gasteiger partial charge in [0.1, 0.15) is 5.82 Å². The maximum absolute atomic E-state index is 13.6. The lowest BCUT2D eigenvalue weighted by Gasteiger charge is -2.33. The highest BCUT2D eigenvalue weighted by Gasteiger charge is 2.20. The molecule has 0 bridgehead atoms. The maximum Gasteiger partial charge on any atom is 0.238 e. The second-order valence-electron chi connectivity index (χ2n) is 8.04. The van der Waals surface area contributed by atoms with E-state index in [-0.39, 0.29) is 17.6 Å². The summed E-state index contributed by atoms with van der Waals surface area (Å²) in [5, 5.41) is 5.86. The maximum atomic E-state index is 13.6. The zero-order valence-electron chi connectivity index (χ0n) is 18.3. The van der Waals surface area contributed by atoms with Crippen LogP contribution in [0, 0.1) is 19.7 Å². The molecule has 0 spiro atoms. The molecule has 1 aliphatic heterocycles. The molecule has 0 saturated carbocycles. The number of benzene rings is 2. The molecule has 1 fully saturated rings. The third-order valence-electron chi connectivity index (χ3n) is 5.75. The monoisotopic (exact) mass is 426 g/mol. The molecule has 166 valence electrons. The average molecular weight is 427 g/mol. The fraction of sp³-hybridized carbons (Fsp3) is 0.417. The van der Waals surface area contributed by atoms with Crippen molar-refractivity contribution in [2.45, 2.75) is 20.3 Å². The van der Waals surface area contributed by atoms with Crippen molar-refractivity contribution in [3.05, 3.63) is 65.0 Å². The van der Waals surface area contributed by atoms with Gasteiger partial charge in [0.05, 0.1) is 13.1 Å². The highest BCUT2D eigenvalue weighted by molar-refractivity contribution is 5.93. The van der Waals surface area contributed by atoms with Gasteiger partial charge in [0.25, 0.3) is 0 Å². The first kappa shape index (κ1) is 22.9. The molecule has 3 rings (SSSR count). The van der Waals surface area contributed by atoms with Crippen LogP contribution in [-0.4, -0.2) is 67.4 Å². The van der Waals surface area contributed by atoms with E-state index in [2.05, 4.69) is 20.4 Å². The van der Waals surface area contributed by atoms with E-state index in [9.17, 15) is 14.0 Å². The van der Waals surface area contributed by atoms with E-state index in [1.54, 1.807) is 18.2 Å². The average Bonchev–Trinajstić information content (AvgIpc) is 2.74. The third-order valence-corrected chi connectivity index (χ3v) is 5.75. The van der Waals surface area contributed by atoms with Gasteiger partial charge in [-0.25, -0.2) is 4.39 Å². The Balaban J connectivity index is 1.34. The number of anilines is 1. The van der Waals surface area contributed by atoms with E-state index >= 15 is 0 Å². The van der Waals surface area contributed by atoms with Crippen LogP contribution in [0.3, 0.4) is 0 Å². The van der Waals surface area contributed by atoms with Crippen LogP contribution in [-0.2, 0) is 16.0 Å². The quantitative estimate of drug-likeness (QED) is 0.680. The van der Waals surface area contributed by atoms with Crippen molar-refractivity contribution in [1.82, 2.24) is 15.1 Å². The molecule has 6 nitrogen and oxygen atoms in total. The van der Waals surface area contributed by atoms with Gasteiger partial charge in [-0.2, -0.15) is 0 Å². The molecule has 1 aliphatic rings. The first-order chi connectivity index (χ1) is 14.9. The number of nitrogens with zero attached hydrogens (tertiary/aromatic N) is 2. The minimum Gasteiger partial charge on any atom is -0.355 e. The smallest absolute Gasteiger partial charge is 0.238 e. The number of piperazine rings is 1. The van der Waals surface area contributed by atoms with E-state index in [0.29, 0.717) is 31.6 Å². The molecule has 2 N–H and O–H groups in total. The zero-order chi connectivity index (χ0) is 22.2. The van der Waals surface area contributed by atoms with Crippen LogP contribution in [0.15, 0.2) is 42.5 Å². The number of rotatable bonds is 8. The van der Waals surface area contributed by atoms with Gasteiger partial charge < -0.3 is 10.6 Å². The van der Waals surface area contributed by atoms with Crippen LogP contribution in [0.2, 0.25) is 0 Å². The number of hydrogen-bond acceptors (Lipinski definition) is 4. The fourth-order valence-electron chi connectivity index (χ4n) is 3.68.